The zero-order chi connectivity index (χ0) is 23.7. The van der Waals surface area contributed by atoms with Crippen molar-refractivity contribution in [1.29, 1.82) is 0 Å². The number of hydrogen-bond donors (Lipinski definition) is 4. The molecule has 1 aromatic carbocycles. The molecule has 2 saturated heterocycles. The summed E-state index contributed by atoms with van der Waals surface area (Å²) in [5.41, 5.74) is 1.10. The molecule has 0 aliphatic carbocycles. The third kappa shape index (κ3) is 7.29. The Bertz CT molecular complexity index is 914. The number of imide groups is 1. The van der Waals surface area contributed by atoms with Crippen molar-refractivity contribution in [3.8, 4) is 0 Å². The molecule has 11 nitrogen and oxygen atoms in total. The van der Waals surface area contributed by atoms with Crippen LogP contribution in [0.25, 0.3) is 0 Å². The number of nitrogens with one attached hydrogen (secondary N) is 4. The number of urea groups is 1. The van der Waals surface area contributed by atoms with E-state index >= 15 is 0 Å². The summed E-state index contributed by atoms with van der Waals surface area (Å²) in [5, 5.41) is 11.1. The lowest BCUT2D eigenvalue weighted by Crippen LogP contribution is -2.42. The average molecular weight is 484 g/mol. The van der Waals surface area contributed by atoms with Crippen LogP contribution in [0.4, 0.5) is 16.2 Å². The van der Waals surface area contributed by atoms with Crippen LogP contribution < -0.4 is 21.3 Å². The van der Waals surface area contributed by atoms with Crippen molar-refractivity contribution in [3.63, 3.8) is 0 Å². The molecule has 0 saturated carbocycles. The van der Waals surface area contributed by atoms with Crippen molar-refractivity contribution >= 4 is 33.3 Å². The Balaban J connectivity index is 1.72. The summed E-state index contributed by atoms with van der Waals surface area (Å²) < 4.78 is 38.4. The molecule has 0 spiro atoms. The van der Waals surface area contributed by atoms with Crippen molar-refractivity contribution < 1.29 is 27.5 Å². The second kappa shape index (κ2) is 12.2. The first kappa shape index (κ1) is 25.2. The number of amides is 3. The molecule has 12 heteroatoms. The van der Waals surface area contributed by atoms with E-state index in [0.717, 1.165) is 25.9 Å². The summed E-state index contributed by atoms with van der Waals surface area (Å²) in [6, 6.07) is 4.17. The van der Waals surface area contributed by atoms with Gasteiger partial charge in [0.25, 0.3) is 0 Å². The minimum atomic E-state index is -3.70. The van der Waals surface area contributed by atoms with Crippen molar-refractivity contribution in [2.75, 3.05) is 63.2 Å². The van der Waals surface area contributed by atoms with Gasteiger partial charge in [0.1, 0.15) is 0 Å². The van der Waals surface area contributed by atoms with Crippen molar-refractivity contribution in [2.45, 2.75) is 37.2 Å². The van der Waals surface area contributed by atoms with Gasteiger partial charge in [-0.3, -0.25) is 10.1 Å². The zero-order valence-corrected chi connectivity index (χ0v) is 19.7. The third-order valence-electron chi connectivity index (χ3n) is 5.37. The summed E-state index contributed by atoms with van der Waals surface area (Å²) in [5.74, 6) is -0.532. The highest BCUT2D eigenvalue weighted by Crippen LogP contribution is 2.28. The van der Waals surface area contributed by atoms with E-state index in [4.69, 9.17) is 9.47 Å². The Morgan fingerprint density at radius 1 is 1.12 bits per heavy atom. The van der Waals surface area contributed by atoms with E-state index in [-0.39, 0.29) is 17.5 Å². The van der Waals surface area contributed by atoms with Crippen molar-refractivity contribution in [1.82, 2.24) is 14.9 Å². The summed E-state index contributed by atoms with van der Waals surface area (Å²) >= 11 is 0. The maximum atomic E-state index is 13.1. The number of anilines is 2. The van der Waals surface area contributed by atoms with Crippen LogP contribution in [0.15, 0.2) is 23.1 Å². The van der Waals surface area contributed by atoms with Crippen LogP contribution in [-0.2, 0) is 24.3 Å². The summed E-state index contributed by atoms with van der Waals surface area (Å²) in [6.45, 7) is 4.76. The van der Waals surface area contributed by atoms with E-state index in [0.29, 0.717) is 50.8 Å². The van der Waals surface area contributed by atoms with Gasteiger partial charge >= 0.3 is 6.03 Å². The molecule has 33 heavy (non-hydrogen) atoms. The average Bonchev–Trinajstić information content (AvgIpc) is 3.34. The minimum absolute atomic E-state index is 0.0835. The Labute approximate surface area is 194 Å². The number of nitrogens with zero attached hydrogens (tertiary/aromatic N) is 1. The van der Waals surface area contributed by atoms with Crippen LogP contribution in [0.5, 0.6) is 0 Å². The first-order chi connectivity index (χ1) is 15.9. The van der Waals surface area contributed by atoms with Crippen LogP contribution >= 0.6 is 0 Å². The van der Waals surface area contributed by atoms with E-state index in [1.165, 1.54) is 10.4 Å². The molecule has 4 N–H and O–H groups in total. The quantitative estimate of drug-likeness (QED) is 0.386. The maximum absolute atomic E-state index is 13.1. The topological polar surface area (TPSA) is 138 Å². The van der Waals surface area contributed by atoms with E-state index in [9.17, 15) is 18.0 Å². The monoisotopic (exact) mass is 483 g/mol. The molecule has 1 unspecified atom stereocenters. The number of morpholine rings is 1. The second-order valence-corrected chi connectivity index (χ2v) is 9.84. The highest BCUT2D eigenvalue weighted by Gasteiger charge is 2.27. The lowest BCUT2D eigenvalue weighted by molar-refractivity contribution is -0.118. The zero-order valence-electron chi connectivity index (χ0n) is 18.9. The van der Waals surface area contributed by atoms with Crippen LogP contribution in [-0.4, -0.2) is 83.3 Å². The number of hydrogen-bond acceptors (Lipinski definition) is 8. The van der Waals surface area contributed by atoms with Crippen molar-refractivity contribution in [3.05, 3.63) is 18.2 Å². The first-order valence-corrected chi connectivity index (χ1v) is 12.7. The van der Waals surface area contributed by atoms with Crippen LogP contribution in [0, 0.1) is 0 Å². The largest absolute Gasteiger partial charge is 0.381 e. The molecule has 1 atom stereocenters. The number of rotatable bonds is 10. The molecule has 184 valence electrons. The SMILES string of the molecule is CCCNC(=O)NC(=O)CNc1cc(S(=O)(=O)N2CCOCC2)ccc1NCC1CCCO1. The van der Waals surface area contributed by atoms with Crippen LogP contribution in [0.3, 0.4) is 0 Å². The second-order valence-electron chi connectivity index (χ2n) is 7.90. The Hall–Kier alpha value is -2.41. The number of ether oxygens (including phenoxy) is 2. The van der Waals surface area contributed by atoms with Crippen LogP contribution in [0.2, 0.25) is 0 Å². The summed E-state index contributed by atoms with van der Waals surface area (Å²) in [7, 11) is -3.70. The number of benzene rings is 1. The van der Waals surface area contributed by atoms with Crippen LogP contribution in [0.1, 0.15) is 26.2 Å². The van der Waals surface area contributed by atoms with Gasteiger partial charge in [-0.15, -0.1) is 0 Å². The van der Waals surface area contributed by atoms with E-state index in [1.807, 2.05) is 6.92 Å². The highest BCUT2D eigenvalue weighted by atomic mass is 32.2. The molecule has 2 fully saturated rings. The van der Waals surface area contributed by atoms with Gasteiger partial charge in [-0.2, -0.15) is 4.31 Å². The normalized spacial score (nSPS) is 19.1. The fourth-order valence-electron chi connectivity index (χ4n) is 3.58. The summed E-state index contributed by atoms with van der Waals surface area (Å²) in [6.07, 6.45) is 2.80. The molecular formula is C21H33N5O6S. The Kier molecular flexibility index (Phi) is 9.30. The highest BCUT2D eigenvalue weighted by molar-refractivity contribution is 7.89. The Morgan fingerprint density at radius 3 is 2.61 bits per heavy atom. The smallest absolute Gasteiger partial charge is 0.321 e. The lowest BCUT2D eigenvalue weighted by Gasteiger charge is -2.26. The predicted molar refractivity (Wildman–Crippen MR) is 124 cm³/mol. The third-order valence-corrected chi connectivity index (χ3v) is 7.27. The fraction of sp³-hybridized carbons (Fsp3) is 0.619. The number of sulfonamides is 1. The van der Waals surface area contributed by atoms with E-state index < -0.39 is 22.0 Å². The molecule has 3 amide bonds. The molecule has 2 aliphatic rings. The van der Waals surface area contributed by atoms with E-state index in [1.54, 1.807) is 12.1 Å². The lowest BCUT2D eigenvalue weighted by atomic mass is 10.2. The van der Waals surface area contributed by atoms with Gasteiger partial charge in [0, 0.05) is 32.8 Å². The molecule has 1 aromatic rings. The first-order valence-electron chi connectivity index (χ1n) is 11.3. The molecule has 0 aromatic heterocycles. The molecule has 2 aliphatic heterocycles. The van der Waals surface area contributed by atoms with Gasteiger partial charge in [-0.1, -0.05) is 6.92 Å². The Morgan fingerprint density at radius 2 is 1.91 bits per heavy atom. The van der Waals surface area contributed by atoms with Gasteiger partial charge < -0.3 is 25.4 Å². The number of carbonyl (C=O) groups excluding carboxylic acids is 2. The standard InChI is InChI=1S/C21H33N5O6S/c1-2-7-22-21(28)25-20(27)15-24-19-13-17(33(29,30)26-8-11-31-12-9-26)5-6-18(19)23-14-16-4-3-10-32-16/h5-6,13,16,23-24H,2-4,7-12,14-15H2,1H3,(H2,22,25,27,28). The van der Waals surface area contributed by atoms with Gasteiger partial charge in [0.05, 0.1) is 42.1 Å². The van der Waals surface area contributed by atoms with Gasteiger partial charge in [0.15, 0.2) is 0 Å². The van der Waals surface area contributed by atoms with Gasteiger partial charge in [0.2, 0.25) is 15.9 Å². The predicted octanol–water partition coefficient (Wildman–Crippen LogP) is 0.946. The number of carbonyl (C=O) groups is 2. The molecule has 0 radical (unpaired) electrons. The molecule has 2 heterocycles. The molecule has 0 bridgehead atoms. The van der Waals surface area contributed by atoms with Crippen molar-refractivity contribution in [2.24, 2.45) is 0 Å². The molecular weight excluding hydrogens is 450 g/mol. The summed E-state index contributed by atoms with van der Waals surface area (Å²) in [4.78, 5) is 24.0. The maximum Gasteiger partial charge on any atom is 0.321 e. The van der Waals surface area contributed by atoms with Gasteiger partial charge in [-0.05, 0) is 37.5 Å². The molecule has 3 rings (SSSR count). The fourth-order valence-corrected chi connectivity index (χ4v) is 5.01. The van der Waals surface area contributed by atoms with Gasteiger partial charge in [-0.25, -0.2) is 13.2 Å². The minimum Gasteiger partial charge on any atom is -0.381 e. The van der Waals surface area contributed by atoms with E-state index in [2.05, 4.69) is 21.3 Å².